The van der Waals surface area contributed by atoms with Gasteiger partial charge in [-0.05, 0) is 62.4 Å². The van der Waals surface area contributed by atoms with E-state index in [1.54, 1.807) is 25.1 Å². The second-order valence-corrected chi connectivity index (χ2v) is 8.19. The Labute approximate surface area is 211 Å². The number of hydrogen-bond acceptors (Lipinski definition) is 7. The topological polar surface area (TPSA) is 131 Å². The van der Waals surface area contributed by atoms with Crippen molar-refractivity contribution >= 4 is 42.6 Å². The van der Waals surface area contributed by atoms with Gasteiger partial charge in [-0.2, -0.15) is 0 Å². The molecular weight excluding hydrogens is 466 g/mol. The highest BCUT2D eigenvalue weighted by Gasteiger charge is 2.27. The van der Waals surface area contributed by atoms with Gasteiger partial charge in [0.1, 0.15) is 0 Å². The van der Waals surface area contributed by atoms with Crippen LogP contribution in [0.25, 0.3) is 5.70 Å². The lowest BCUT2D eigenvalue weighted by atomic mass is 10.0. The fourth-order valence-electron chi connectivity index (χ4n) is 3.53. The SMILES string of the molecule is Cc1ccc(/C(=C/S)N=CNC(=O)[C@@H]2CCCN2C)cc1C(=O)C=O.O.OCC1=CC=CC=CC1. The van der Waals surface area contributed by atoms with E-state index in [2.05, 4.69) is 22.9 Å². The first-order chi connectivity index (χ1) is 16.4. The lowest BCUT2D eigenvalue weighted by Crippen LogP contribution is -2.40. The lowest BCUT2D eigenvalue weighted by Gasteiger charge is -2.17. The number of Topliss-reactive ketones (excluding diaryl/α,β-unsaturated/α-hetero) is 1. The van der Waals surface area contributed by atoms with Gasteiger partial charge in [0.2, 0.25) is 11.7 Å². The van der Waals surface area contributed by atoms with Crippen LogP contribution in [0.2, 0.25) is 0 Å². The number of nitrogens with zero attached hydrogens (tertiary/aromatic N) is 2. The van der Waals surface area contributed by atoms with Gasteiger partial charge in [-0.25, -0.2) is 4.99 Å². The van der Waals surface area contributed by atoms with Crippen molar-refractivity contribution in [1.29, 1.82) is 0 Å². The minimum atomic E-state index is -0.584. The molecule has 1 aliphatic carbocycles. The van der Waals surface area contributed by atoms with Crippen LogP contribution >= 0.6 is 12.6 Å². The summed E-state index contributed by atoms with van der Waals surface area (Å²) in [5.74, 6) is -0.678. The van der Waals surface area contributed by atoms with Crippen LogP contribution in [0.3, 0.4) is 0 Å². The van der Waals surface area contributed by atoms with Gasteiger partial charge in [0.25, 0.3) is 0 Å². The van der Waals surface area contributed by atoms with Crippen molar-refractivity contribution in [2.45, 2.75) is 32.2 Å². The van der Waals surface area contributed by atoms with Crippen LogP contribution in [0.4, 0.5) is 0 Å². The Morgan fingerprint density at radius 3 is 2.69 bits per heavy atom. The zero-order valence-electron chi connectivity index (χ0n) is 20.0. The molecule has 1 heterocycles. The molecule has 9 heteroatoms. The predicted octanol–water partition coefficient (Wildman–Crippen LogP) is 2.44. The Bertz CT molecular complexity index is 1040. The Kier molecular flexibility index (Phi) is 13.4. The molecule has 0 unspecified atom stereocenters. The summed E-state index contributed by atoms with van der Waals surface area (Å²) >= 11 is 4.14. The Balaban J connectivity index is 0.000000516. The van der Waals surface area contributed by atoms with Crippen molar-refractivity contribution in [3.8, 4) is 0 Å². The maximum absolute atomic E-state index is 12.1. The average molecular weight is 500 g/mol. The molecule has 1 aromatic carbocycles. The fourth-order valence-corrected chi connectivity index (χ4v) is 3.75. The molecule has 1 aromatic rings. The maximum Gasteiger partial charge on any atom is 0.242 e. The highest BCUT2D eigenvalue weighted by atomic mass is 32.1. The highest BCUT2D eigenvalue weighted by molar-refractivity contribution is 7.83. The standard InChI is InChI=1S/C18H21N3O3S.C8H10O.H2O/c1-12-5-6-13(8-14(12)17(23)9-22)15(10-25)19-11-20-18(24)16-4-3-7-21(16)2;9-7-8-5-3-1-2-4-6-8;/h5-6,8-11,16,25H,3-4,7H2,1-2H3,(H,19,20,24);1-5,9H,6-7H2;1H2/b15-10-;;/t16-;;/m0../s1. The van der Waals surface area contributed by atoms with Gasteiger partial charge in [-0.15, -0.1) is 12.6 Å². The van der Waals surface area contributed by atoms with E-state index in [0.29, 0.717) is 22.4 Å². The number of aliphatic hydroxyl groups excluding tert-OH is 1. The molecule has 1 amide bonds. The Morgan fingerprint density at radius 1 is 1.29 bits per heavy atom. The largest absolute Gasteiger partial charge is 0.412 e. The second kappa shape index (κ2) is 15.7. The number of aliphatic imine (C=N–C) groups is 1. The first-order valence-electron chi connectivity index (χ1n) is 11.0. The summed E-state index contributed by atoms with van der Waals surface area (Å²) in [5.41, 5.74) is 3.21. The van der Waals surface area contributed by atoms with E-state index in [9.17, 15) is 14.4 Å². The summed E-state index contributed by atoms with van der Waals surface area (Å²) in [6, 6.07) is 4.98. The van der Waals surface area contributed by atoms with E-state index in [-0.39, 0.29) is 30.3 Å². The maximum atomic E-state index is 12.1. The number of ketones is 1. The number of hydrogen-bond donors (Lipinski definition) is 3. The number of carbonyl (C=O) groups is 3. The quantitative estimate of drug-likeness (QED) is 0.132. The summed E-state index contributed by atoms with van der Waals surface area (Å²) in [4.78, 5) is 40.8. The summed E-state index contributed by atoms with van der Waals surface area (Å²) in [5, 5.41) is 12.8. The van der Waals surface area contributed by atoms with Gasteiger partial charge in [-0.3, -0.25) is 19.3 Å². The van der Waals surface area contributed by atoms with Crippen LogP contribution in [0.1, 0.15) is 40.7 Å². The van der Waals surface area contributed by atoms with Crippen molar-refractivity contribution in [3.05, 3.63) is 76.3 Å². The zero-order valence-corrected chi connectivity index (χ0v) is 20.9. The number of nitrogens with one attached hydrogen (secondary N) is 1. The van der Waals surface area contributed by atoms with E-state index in [4.69, 9.17) is 5.11 Å². The molecule has 0 saturated carbocycles. The summed E-state index contributed by atoms with van der Waals surface area (Å²) in [7, 11) is 1.92. The minimum Gasteiger partial charge on any atom is -0.412 e. The number of thiol groups is 1. The van der Waals surface area contributed by atoms with Crippen LogP contribution in [-0.2, 0) is 9.59 Å². The third kappa shape index (κ3) is 9.22. The molecule has 2 aliphatic rings. The van der Waals surface area contributed by atoms with Crippen LogP contribution in [0.5, 0.6) is 0 Å². The number of amides is 1. The molecule has 35 heavy (non-hydrogen) atoms. The van der Waals surface area contributed by atoms with Gasteiger partial charge in [0.05, 0.1) is 24.7 Å². The van der Waals surface area contributed by atoms with Gasteiger partial charge in [0.15, 0.2) is 6.29 Å². The number of aryl methyl sites for hydroxylation is 1. The molecule has 1 fully saturated rings. The van der Waals surface area contributed by atoms with E-state index in [0.717, 1.165) is 31.4 Å². The molecule has 1 atom stereocenters. The third-order valence-electron chi connectivity index (χ3n) is 5.54. The fraction of sp³-hybridized carbons (Fsp3) is 0.308. The van der Waals surface area contributed by atoms with E-state index in [1.165, 1.54) is 11.7 Å². The number of carbonyl (C=O) groups excluding carboxylic acids is 3. The average Bonchev–Trinajstić information content (AvgIpc) is 3.11. The Morgan fingerprint density at radius 2 is 2.06 bits per heavy atom. The smallest absolute Gasteiger partial charge is 0.242 e. The first kappa shape index (κ1) is 29.9. The molecule has 1 saturated heterocycles. The zero-order chi connectivity index (χ0) is 24.9. The predicted molar refractivity (Wildman–Crippen MR) is 143 cm³/mol. The number of benzene rings is 1. The van der Waals surface area contributed by atoms with Gasteiger partial charge < -0.3 is 15.9 Å². The molecule has 0 spiro atoms. The molecule has 0 aromatic heterocycles. The van der Waals surface area contributed by atoms with E-state index >= 15 is 0 Å². The molecule has 0 radical (unpaired) electrons. The van der Waals surface area contributed by atoms with Crippen LogP contribution < -0.4 is 5.32 Å². The van der Waals surface area contributed by atoms with Crippen LogP contribution in [-0.4, -0.2) is 66.0 Å². The normalized spacial score (nSPS) is 17.7. The number of rotatable bonds is 7. The van der Waals surface area contributed by atoms with Gasteiger partial charge in [-0.1, -0.05) is 42.5 Å². The molecule has 8 nitrogen and oxygen atoms in total. The van der Waals surface area contributed by atoms with Crippen molar-refractivity contribution in [2.75, 3.05) is 20.2 Å². The van der Waals surface area contributed by atoms with Crippen molar-refractivity contribution in [3.63, 3.8) is 0 Å². The van der Waals surface area contributed by atoms with Crippen LogP contribution in [0.15, 0.2) is 64.6 Å². The van der Waals surface area contributed by atoms with E-state index in [1.807, 2.05) is 42.3 Å². The molecule has 3 rings (SSSR count). The number of likely N-dealkylation sites (tertiary alicyclic amines) is 1. The second-order valence-electron chi connectivity index (χ2n) is 7.93. The molecule has 188 valence electrons. The van der Waals surface area contributed by atoms with Gasteiger partial charge >= 0.3 is 0 Å². The van der Waals surface area contributed by atoms with Crippen molar-refractivity contribution in [1.82, 2.24) is 10.2 Å². The number of allylic oxidation sites excluding steroid dienone is 5. The first-order valence-corrected chi connectivity index (χ1v) is 11.5. The number of likely N-dealkylation sites (N-methyl/N-ethyl adjacent to an activating group) is 1. The molecule has 1 aliphatic heterocycles. The van der Waals surface area contributed by atoms with Crippen molar-refractivity contribution < 1.29 is 25.0 Å². The van der Waals surface area contributed by atoms with Crippen molar-refractivity contribution in [2.24, 2.45) is 4.99 Å². The monoisotopic (exact) mass is 499 g/mol. The van der Waals surface area contributed by atoms with E-state index < -0.39 is 5.78 Å². The molecule has 0 bridgehead atoms. The summed E-state index contributed by atoms with van der Waals surface area (Å²) < 4.78 is 0. The minimum absolute atomic E-state index is 0. The molecule has 4 N–H and O–H groups in total. The van der Waals surface area contributed by atoms with Crippen LogP contribution in [0, 0.1) is 6.92 Å². The summed E-state index contributed by atoms with van der Waals surface area (Å²) in [6.07, 6.45) is 14.2. The number of aliphatic hydroxyl groups is 1. The number of aldehydes is 1. The Hall–Kier alpha value is -3.11. The third-order valence-corrected chi connectivity index (χ3v) is 5.78. The summed E-state index contributed by atoms with van der Waals surface area (Å²) in [6.45, 7) is 2.84. The highest BCUT2D eigenvalue weighted by Crippen LogP contribution is 2.20. The van der Waals surface area contributed by atoms with Gasteiger partial charge in [0, 0.05) is 11.1 Å². The molecular formula is C26H33N3O5S. The lowest BCUT2D eigenvalue weighted by molar-refractivity contribution is -0.123.